The van der Waals surface area contributed by atoms with Gasteiger partial charge in [-0.1, -0.05) is 30.3 Å². The maximum absolute atomic E-state index is 12.4. The molecule has 0 aliphatic rings. The zero-order valence-corrected chi connectivity index (χ0v) is 9.70. The summed E-state index contributed by atoms with van der Waals surface area (Å²) in [5, 5.41) is 3.25. The van der Waals surface area contributed by atoms with E-state index >= 15 is 0 Å². The summed E-state index contributed by atoms with van der Waals surface area (Å²) in [7, 11) is 0. The van der Waals surface area contributed by atoms with Crippen molar-refractivity contribution in [3.63, 3.8) is 0 Å². The second-order valence-electron chi connectivity index (χ2n) is 3.79. The molecule has 0 saturated heterocycles. The number of halogens is 2. The molecule has 0 bridgehead atoms. The molecule has 0 amide bonds. The first kappa shape index (κ1) is 13.8. The van der Waals surface area contributed by atoms with Gasteiger partial charge in [0.05, 0.1) is 0 Å². The van der Waals surface area contributed by atoms with Gasteiger partial charge in [0.1, 0.15) is 0 Å². The van der Waals surface area contributed by atoms with Crippen LogP contribution in [0.4, 0.5) is 8.78 Å². The molecule has 17 heavy (non-hydrogen) atoms. The largest absolute Gasteiger partial charge is 0.329 e. The van der Waals surface area contributed by atoms with Gasteiger partial charge in [-0.3, -0.25) is 0 Å². The zero-order valence-electron chi connectivity index (χ0n) is 9.70. The lowest BCUT2D eigenvalue weighted by atomic mass is 10.0. The highest BCUT2D eigenvalue weighted by molar-refractivity contribution is 5.26. The van der Waals surface area contributed by atoms with Crippen molar-refractivity contribution in [2.75, 3.05) is 13.1 Å². The molecule has 0 heterocycles. The maximum Gasteiger partial charge on any atom is 0.263 e. The molecule has 0 saturated carbocycles. The minimum absolute atomic E-state index is 0.00155. The number of nitrogens with one attached hydrogen (secondary N) is 1. The molecule has 94 valence electrons. The number of rotatable bonds is 7. The standard InChI is InChI=1S/C13H18F2N2/c1-2-3-8-17-12(9-16)10-4-6-11(7-5-10)13(14)15/h2,4-7,12-13,17H,1,3,8-9,16H2. The fourth-order valence-corrected chi connectivity index (χ4v) is 1.57. The van der Waals surface area contributed by atoms with Gasteiger partial charge < -0.3 is 11.1 Å². The smallest absolute Gasteiger partial charge is 0.263 e. The van der Waals surface area contributed by atoms with E-state index in [0.717, 1.165) is 18.5 Å². The van der Waals surface area contributed by atoms with Crippen LogP contribution in [0.3, 0.4) is 0 Å². The summed E-state index contributed by atoms with van der Waals surface area (Å²) in [5.74, 6) is 0. The Morgan fingerprint density at radius 3 is 2.29 bits per heavy atom. The fraction of sp³-hybridized carbons (Fsp3) is 0.385. The average molecular weight is 240 g/mol. The van der Waals surface area contributed by atoms with Crippen molar-refractivity contribution in [2.45, 2.75) is 18.9 Å². The van der Waals surface area contributed by atoms with Crippen LogP contribution in [0, 0.1) is 0 Å². The SMILES string of the molecule is C=CCCNC(CN)c1ccc(C(F)F)cc1. The van der Waals surface area contributed by atoms with Crippen LogP contribution < -0.4 is 11.1 Å². The third-order valence-electron chi connectivity index (χ3n) is 2.57. The van der Waals surface area contributed by atoms with Crippen LogP contribution in [0.25, 0.3) is 0 Å². The molecular formula is C13H18F2N2. The Morgan fingerprint density at radius 2 is 1.82 bits per heavy atom. The van der Waals surface area contributed by atoms with Crippen LogP contribution >= 0.6 is 0 Å². The van der Waals surface area contributed by atoms with Crippen LogP contribution in [0.15, 0.2) is 36.9 Å². The van der Waals surface area contributed by atoms with Crippen LogP contribution in [0.5, 0.6) is 0 Å². The van der Waals surface area contributed by atoms with Crippen LogP contribution in [-0.2, 0) is 0 Å². The first-order valence-electron chi connectivity index (χ1n) is 5.61. The van der Waals surface area contributed by atoms with Crippen molar-refractivity contribution in [3.8, 4) is 0 Å². The highest BCUT2D eigenvalue weighted by Gasteiger charge is 2.10. The third kappa shape index (κ3) is 4.24. The number of hydrogen-bond acceptors (Lipinski definition) is 2. The molecule has 1 aromatic rings. The molecule has 2 nitrogen and oxygen atoms in total. The summed E-state index contributed by atoms with van der Waals surface area (Å²) < 4.78 is 24.8. The Hall–Kier alpha value is -1.26. The van der Waals surface area contributed by atoms with Gasteiger partial charge in [-0.25, -0.2) is 8.78 Å². The summed E-state index contributed by atoms with van der Waals surface area (Å²) in [6.07, 6.45) is 0.251. The van der Waals surface area contributed by atoms with Crippen molar-refractivity contribution >= 4 is 0 Å². The van der Waals surface area contributed by atoms with E-state index in [9.17, 15) is 8.78 Å². The lowest BCUT2D eigenvalue weighted by Crippen LogP contribution is -2.28. The molecule has 1 rings (SSSR count). The monoisotopic (exact) mass is 240 g/mol. The molecule has 0 radical (unpaired) electrons. The van der Waals surface area contributed by atoms with Crippen molar-refractivity contribution in [1.82, 2.24) is 5.32 Å². The van der Waals surface area contributed by atoms with E-state index < -0.39 is 6.43 Å². The Morgan fingerprint density at radius 1 is 1.24 bits per heavy atom. The Labute approximate surface area is 101 Å². The van der Waals surface area contributed by atoms with Crippen LogP contribution in [-0.4, -0.2) is 13.1 Å². The molecule has 4 heteroatoms. The predicted molar refractivity (Wildman–Crippen MR) is 66.0 cm³/mol. The Kier molecular flexibility index (Phi) is 5.80. The van der Waals surface area contributed by atoms with Gasteiger partial charge in [0.15, 0.2) is 0 Å². The maximum atomic E-state index is 12.4. The Balaban J connectivity index is 2.64. The van der Waals surface area contributed by atoms with E-state index in [2.05, 4.69) is 11.9 Å². The second-order valence-corrected chi connectivity index (χ2v) is 3.79. The molecule has 0 fully saturated rings. The molecule has 1 atom stereocenters. The zero-order chi connectivity index (χ0) is 12.7. The fourth-order valence-electron chi connectivity index (χ4n) is 1.57. The molecule has 0 spiro atoms. The topological polar surface area (TPSA) is 38.0 Å². The number of nitrogens with two attached hydrogens (primary N) is 1. The van der Waals surface area contributed by atoms with Gasteiger partial charge in [-0.05, 0) is 18.5 Å². The number of benzene rings is 1. The van der Waals surface area contributed by atoms with Gasteiger partial charge in [0.2, 0.25) is 0 Å². The quantitative estimate of drug-likeness (QED) is 0.568. The first-order valence-corrected chi connectivity index (χ1v) is 5.61. The highest BCUT2D eigenvalue weighted by Crippen LogP contribution is 2.20. The van der Waals surface area contributed by atoms with Gasteiger partial charge in [-0.2, -0.15) is 0 Å². The average Bonchev–Trinajstić information content (AvgIpc) is 2.35. The number of hydrogen-bond donors (Lipinski definition) is 2. The minimum atomic E-state index is -2.42. The van der Waals surface area contributed by atoms with E-state index in [0.29, 0.717) is 6.54 Å². The highest BCUT2D eigenvalue weighted by atomic mass is 19.3. The second kappa shape index (κ2) is 7.14. The Bertz CT molecular complexity index is 336. The van der Waals surface area contributed by atoms with E-state index in [4.69, 9.17) is 5.73 Å². The predicted octanol–water partition coefficient (Wildman–Crippen LogP) is 2.79. The molecule has 0 aromatic heterocycles. The van der Waals surface area contributed by atoms with Crippen molar-refractivity contribution in [1.29, 1.82) is 0 Å². The van der Waals surface area contributed by atoms with Crippen molar-refractivity contribution < 1.29 is 8.78 Å². The normalized spacial score (nSPS) is 12.7. The van der Waals surface area contributed by atoms with Gasteiger partial charge >= 0.3 is 0 Å². The van der Waals surface area contributed by atoms with E-state index in [1.54, 1.807) is 12.1 Å². The van der Waals surface area contributed by atoms with Crippen LogP contribution in [0.1, 0.15) is 30.0 Å². The summed E-state index contributed by atoms with van der Waals surface area (Å²) in [5.41, 5.74) is 6.62. The molecular weight excluding hydrogens is 222 g/mol. The molecule has 0 aliphatic carbocycles. The van der Waals surface area contributed by atoms with Crippen molar-refractivity contribution in [2.24, 2.45) is 5.73 Å². The summed E-state index contributed by atoms with van der Waals surface area (Å²) in [6.45, 7) is 4.85. The molecule has 0 aliphatic heterocycles. The van der Waals surface area contributed by atoms with E-state index in [1.807, 2.05) is 6.08 Å². The van der Waals surface area contributed by atoms with Crippen LogP contribution in [0.2, 0.25) is 0 Å². The summed E-state index contributed by atoms with van der Waals surface area (Å²) >= 11 is 0. The van der Waals surface area contributed by atoms with E-state index in [1.165, 1.54) is 12.1 Å². The molecule has 1 aromatic carbocycles. The van der Waals surface area contributed by atoms with Gasteiger partial charge in [-0.15, -0.1) is 6.58 Å². The lowest BCUT2D eigenvalue weighted by Gasteiger charge is -2.17. The summed E-state index contributed by atoms with van der Waals surface area (Å²) in [4.78, 5) is 0. The first-order chi connectivity index (χ1) is 8.19. The van der Waals surface area contributed by atoms with Gasteiger partial charge in [0.25, 0.3) is 6.43 Å². The number of alkyl halides is 2. The van der Waals surface area contributed by atoms with Crippen molar-refractivity contribution in [3.05, 3.63) is 48.0 Å². The lowest BCUT2D eigenvalue weighted by molar-refractivity contribution is 0.151. The molecule has 3 N–H and O–H groups in total. The molecule has 1 unspecified atom stereocenters. The van der Waals surface area contributed by atoms with Gasteiger partial charge in [0, 0.05) is 18.2 Å². The minimum Gasteiger partial charge on any atom is -0.329 e. The summed E-state index contributed by atoms with van der Waals surface area (Å²) in [6, 6.07) is 6.27. The third-order valence-corrected chi connectivity index (χ3v) is 2.57. The van der Waals surface area contributed by atoms with E-state index in [-0.39, 0.29) is 11.6 Å².